The lowest BCUT2D eigenvalue weighted by molar-refractivity contribution is 0.300. The molecule has 1 aromatic carbocycles. The predicted octanol–water partition coefficient (Wildman–Crippen LogP) is 4.22. The second kappa shape index (κ2) is 8.16. The summed E-state index contributed by atoms with van der Waals surface area (Å²) in [7, 11) is 0. The Hall–Kier alpha value is -2.64. The Bertz CT molecular complexity index is 1010. The summed E-state index contributed by atoms with van der Waals surface area (Å²) >= 11 is 0. The summed E-state index contributed by atoms with van der Waals surface area (Å²) in [6.45, 7) is 15.9. The molecule has 0 aliphatic carbocycles. The number of hydrogen-bond acceptors (Lipinski definition) is 2. The SMILES string of the molecule is [C-]#[N+]CCN1CCc2c(n(CCc3ccc(C)nc3)c3ccc(C)cc23)CC1. The highest BCUT2D eigenvalue weighted by atomic mass is 15.1. The summed E-state index contributed by atoms with van der Waals surface area (Å²) < 4.78 is 2.54. The van der Waals surface area contributed by atoms with Gasteiger partial charge in [-0.1, -0.05) is 17.7 Å². The third-order valence-corrected chi connectivity index (χ3v) is 5.91. The Labute approximate surface area is 167 Å². The summed E-state index contributed by atoms with van der Waals surface area (Å²) in [6.07, 6.45) is 5.15. The summed E-state index contributed by atoms with van der Waals surface area (Å²) in [5.74, 6) is 0. The second-order valence-electron chi connectivity index (χ2n) is 7.88. The minimum Gasteiger partial charge on any atom is -0.344 e. The van der Waals surface area contributed by atoms with E-state index in [0.29, 0.717) is 6.54 Å². The van der Waals surface area contributed by atoms with Gasteiger partial charge in [-0.2, -0.15) is 0 Å². The van der Waals surface area contributed by atoms with Crippen molar-refractivity contribution in [2.24, 2.45) is 0 Å². The van der Waals surface area contributed by atoms with Gasteiger partial charge < -0.3 is 9.41 Å². The number of rotatable bonds is 5. The van der Waals surface area contributed by atoms with Crippen LogP contribution in [-0.4, -0.2) is 40.6 Å². The summed E-state index contributed by atoms with van der Waals surface area (Å²) in [4.78, 5) is 10.4. The minimum atomic E-state index is 0.602. The van der Waals surface area contributed by atoms with Gasteiger partial charge in [0.2, 0.25) is 6.54 Å². The van der Waals surface area contributed by atoms with E-state index in [0.717, 1.165) is 51.1 Å². The van der Waals surface area contributed by atoms with E-state index in [1.165, 1.54) is 33.3 Å². The Balaban J connectivity index is 1.65. The van der Waals surface area contributed by atoms with Crippen LogP contribution < -0.4 is 0 Å². The van der Waals surface area contributed by atoms with E-state index < -0.39 is 0 Å². The fraction of sp³-hybridized carbons (Fsp3) is 0.417. The molecule has 3 heterocycles. The second-order valence-corrected chi connectivity index (χ2v) is 7.88. The first-order valence-corrected chi connectivity index (χ1v) is 10.2. The molecule has 1 aliphatic heterocycles. The quantitative estimate of drug-likeness (QED) is 0.627. The molecule has 4 heteroatoms. The molecule has 3 aromatic rings. The Morgan fingerprint density at radius 3 is 2.71 bits per heavy atom. The monoisotopic (exact) mass is 372 g/mol. The van der Waals surface area contributed by atoms with Gasteiger partial charge in [0.25, 0.3) is 0 Å². The average molecular weight is 373 g/mol. The van der Waals surface area contributed by atoms with E-state index in [9.17, 15) is 0 Å². The van der Waals surface area contributed by atoms with Crippen LogP contribution in [-0.2, 0) is 25.8 Å². The zero-order valence-electron chi connectivity index (χ0n) is 16.9. The van der Waals surface area contributed by atoms with Gasteiger partial charge in [0, 0.05) is 54.5 Å². The van der Waals surface area contributed by atoms with Crippen LogP contribution in [0, 0.1) is 20.4 Å². The summed E-state index contributed by atoms with van der Waals surface area (Å²) in [5, 5.41) is 1.42. The Morgan fingerprint density at radius 1 is 1.07 bits per heavy atom. The molecule has 0 fully saturated rings. The van der Waals surface area contributed by atoms with E-state index in [4.69, 9.17) is 6.57 Å². The van der Waals surface area contributed by atoms with Crippen LogP contribution in [0.1, 0.15) is 28.1 Å². The normalized spacial score (nSPS) is 14.6. The summed E-state index contributed by atoms with van der Waals surface area (Å²) in [6, 6.07) is 11.2. The maximum Gasteiger partial charge on any atom is 0.227 e. The lowest BCUT2D eigenvalue weighted by atomic mass is 10.1. The first-order chi connectivity index (χ1) is 13.7. The number of benzene rings is 1. The molecule has 0 saturated carbocycles. The number of nitrogens with zero attached hydrogens (tertiary/aromatic N) is 4. The first kappa shape index (κ1) is 18.7. The molecule has 0 bridgehead atoms. The highest BCUT2D eigenvalue weighted by molar-refractivity contribution is 5.86. The fourth-order valence-corrected chi connectivity index (χ4v) is 4.36. The zero-order valence-corrected chi connectivity index (χ0v) is 16.9. The van der Waals surface area contributed by atoms with E-state index in [2.05, 4.69) is 56.6 Å². The minimum absolute atomic E-state index is 0.602. The number of pyridine rings is 1. The molecule has 2 aromatic heterocycles. The van der Waals surface area contributed by atoms with Crippen LogP contribution >= 0.6 is 0 Å². The highest BCUT2D eigenvalue weighted by Crippen LogP contribution is 2.30. The van der Waals surface area contributed by atoms with Crippen molar-refractivity contribution in [2.75, 3.05) is 26.2 Å². The zero-order chi connectivity index (χ0) is 19.5. The van der Waals surface area contributed by atoms with E-state index in [1.54, 1.807) is 0 Å². The first-order valence-electron chi connectivity index (χ1n) is 10.2. The van der Waals surface area contributed by atoms with Gasteiger partial charge in [0.1, 0.15) is 0 Å². The average Bonchev–Trinajstić information content (AvgIpc) is 2.84. The van der Waals surface area contributed by atoms with Crippen LogP contribution in [0.3, 0.4) is 0 Å². The molecular formula is C24H28N4. The largest absolute Gasteiger partial charge is 0.344 e. The van der Waals surface area contributed by atoms with Gasteiger partial charge in [0.15, 0.2) is 0 Å². The molecule has 4 rings (SSSR count). The van der Waals surface area contributed by atoms with Crippen molar-refractivity contribution in [3.05, 3.63) is 76.0 Å². The van der Waals surface area contributed by atoms with Crippen molar-refractivity contribution in [1.29, 1.82) is 0 Å². The Kier molecular flexibility index (Phi) is 5.45. The predicted molar refractivity (Wildman–Crippen MR) is 115 cm³/mol. The molecule has 0 saturated heterocycles. The van der Waals surface area contributed by atoms with Crippen molar-refractivity contribution in [3.8, 4) is 0 Å². The lowest BCUT2D eigenvalue weighted by Crippen LogP contribution is -2.29. The molecular weight excluding hydrogens is 344 g/mol. The molecule has 0 atom stereocenters. The summed E-state index contributed by atoms with van der Waals surface area (Å²) in [5.41, 5.74) is 8.06. The van der Waals surface area contributed by atoms with E-state index in [-0.39, 0.29) is 0 Å². The Morgan fingerprint density at radius 2 is 1.93 bits per heavy atom. The maximum atomic E-state index is 7.08. The van der Waals surface area contributed by atoms with Crippen molar-refractivity contribution >= 4 is 10.9 Å². The van der Waals surface area contributed by atoms with Crippen molar-refractivity contribution in [1.82, 2.24) is 14.5 Å². The highest BCUT2D eigenvalue weighted by Gasteiger charge is 2.22. The molecule has 0 amide bonds. The van der Waals surface area contributed by atoms with Gasteiger partial charge in [-0.25, -0.2) is 6.57 Å². The third-order valence-electron chi connectivity index (χ3n) is 5.91. The van der Waals surface area contributed by atoms with Crippen molar-refractivity contribution < 1.29 is 0 Å². The van der Waals surface area contributed by atoms with Gasteiger partial charge in [-0.05, 0) is 56.0 Å². The van der Waals surface area contributed by atoms with Crippen LogP contribution in [0.25, 0.3) is 15.7 Å². The molecule has 0 radical (unpaired) electrons. The lowest BCUT2D eigenvalue weighted by Gasteiger charge is -2.17. The van der Waals surface area contributed by atoms with Gasteiger partial charge in [-0.3, -0.25) is 9.88 Å². The fourth-order valence-electron chi connectivity index (χ4n) is 4.36. The molecule has 1 aliphatic rings. The van der Waals surface area contributed by atoms with Gasteiger partial charge >= 0.3 is 0 Å². The number of aromatic nitrogens is 2. The molecule has 0 unspecified atom stereocenters. The van der Waals surface area contributed by atoms with Crippen molar-refractivity contribution in [3.63, 3.8) is 0 Å². The van der Waals surface area contributed by atoms with Crippen molar-refractivity contribution in [2.45, 2.75) is 39.7 Å². The molecule has 0 N–H and O–H groups in total. The maximum absolute atomic E-state index is 7.08. The van der Waals surface area contributed by atoms with Crippen LogP contribution in [0.2, 0.25) is 0 Å². The van der Waals surface area contributed by atoms with Crippen LogP contribution in [0.4, 0.5) is 0 Å². The van der Waals surface area contributed by atoms with E-state index >= 15 is 0 Å². The van der Waals surface area contributed by atoms with Gasteiger partial charge in [0.05, 0.1) is 6.54 Å². The molecule has 0 spiro atoms. The van der Waals surface area contributed by atoms with E-state index in [1.807, 2.05) is 13.1 Å². The standard InChI is InChI=1S/C24H28N4/c1-18-4-7-23-22(16-18)21-9-12-27(15-11-25-3)13-10-24(21)28(23)14-8-20-6-5-19(2)26-17-20/h4-7,16-17H,8-15H2,1-2H3. The molecule has 144 valence electrons. The number of fused-ring (bicyclic) bond motifs is 3. The molecule has 28 heavy (non-hydrogen) atoms. The van der Waals surface area contributed by atoms with Crippen LogP contribution in [0.5, 0.6) is 0 Å². The molecule has 4 nitrogen and oxygen atoms in total. The third kappa shape index (κ3) is 3.81. The van der Waals surface area contributed by atoms with Gasteiger partial charge in [-0.15, -0.1) is 0 Å². The number of hydrogen-bond donors (Lipinski definition) is 0. The topological polar surface area (TPSA) is 25.4 Å². The van der Waals surface area contributed by atoms with Crippen LogP contribution in [0.15, 0.2) is 36.5 Å². The smallest absolute Gasteiger partial charge is 0.227 e. The number of aryl methyl sites for hydroxylation is 4.